The molecule has 0 radical (unpaired) electrons. The van der Waals surface area contributed by atoms with Crippen LogP contribution in [-0.4, -0.2) is 26.4 Å². The number of anilines is 1. The zero-order valence-corrected chi connectivity index (χ0v) is 12.8. The van der Waals surface area contributed by atoms with Crippen molar-refractivity contribution in [2.75, 3.05) is 11.1 Å². The maximum atomic E-state index is 13.5. The Labute approximate surface area is 136 Å². The molecular formula is C16H13FN4OS. The number of thioether (sulfide) groups is 1. The fraction of sp³-hybridized carbons (Fsp3) is 0.0625. The highest BCUT2D eigenvalue weighted by atomic mass is 32.2. The number of halogens is 1. The SMILES string of the molecule is O=C(CSc1ccccc1F)Nc1ccccc1-n1cncn1. The van der Waals surface area contributed by atoms with Crippen LogP contribution in [0.1, 0.15) is 0 Å². The fourth-order valence-corrected chi connectivity index (χ4v) is 2.74. The highest BCUT2D eigenvalue weighted by molar-refractivity contribution is 8.00. The number of nitrogens with one attached hydrogen (secondary N) is 1. The van der Waals surface area contributed by atoms with Gasteiger partial charge >= 0.3 is 0 Å². The molecule has 0 atom stereocenters. The molecule has 116 valence electrons. The number of aromatic nitrogens is 3. The molecule has 0 aliphatic carbocycles. The van der Waals surface area contributed by atoms with Crippen molar-refractivity contribution in [2.45, 2.75) is 4.90 Å². The number of rotatable bonds is 5. The van der Waals surface area contributed by atoms with Gasteiger partial charge in [-0.25, -0.2) is 14.1 Å². The number of benzene rings is 2. The zero-order chi connectivity index (χ0) is 16.1. The van der Waals surface area contributed by atoms with Gasteiger partial charge in [0.1, 0.15) is 18.5 Å². The predicted molar refractivity (Wildman–Crippen MR) is 87.1 cm³/mol. The maximum absolute atomic E-state index is 13.5. The van der Waals surface area contributed by atoms with Gasteiger partial charge < -0.3 is 5.32 Å². The van der Waals surface area contributed by atoms with Crippen molar-refractivity contribution in [3.63, 3.8) is 0 Å². The van der Waals surface area contributed by atoms with Crippen molar-refractivity contribution in [1.82, 2.24) is 14.8 Å². The largest absolute Gasteiger partial charge is 0.323 e. The second kappa shape index (κ2) is 7.06. The van der Waals surface area contributed by atoms with Gasteiger partial charge in [-0.3, -0.25) is 4.79 Å². The Bertz CT molecular complexity index is 807. The van der Waals surface area contributed by atoms with Crippen LogP contribution in [0.4, 0.5) is 10.1 Å². The molecule has 0 spiro atoms. The fourth-order valence-electron chi connectivity index (χ4n) is 2.00. The third-order valence-corrected chi connectivity index (χ3v) is 4.09. The van der Waals surface area contributed by atoms with Crippen LogP contribution in [0, 0.1) is 5.82 Å². The second-order valence-corrected chi connectivity index (χ2v) is 5.64. The molecule has 2 aromatic carbocycles. The minimum Gasteiger partial charge on any atom is -0.323 e. The van der Waals surface area contributed by atoms with E-state index in [1.54, 1.807) is 35.3 Å². The van der Waals surface area contributed by atoms with Crippen LogP contribution in [0.5, 0.6) is 0 Å². The molecule has 7 heteroatoms. The zero-order valence-electron chi connectivity index (χ0n) is 12.0. The van der Waals surface area contributed by atoms with Gasteiger partial charge in [0.05, 0.1) is 17.1 Å². The van der Waals surface area contributed by atoms with E-state index in [9.17, 15) is 9.18 Å². The van der Waals surface area contributed by atoms with Crippen molar-refractivity contribution < 1.29 is 9.18 Å². The summed E-state index contributed by atoms with van der Waals surface area (Å²) in [7, 11) is 0. The molecule has 1 heterocycles. The summed E-state index contributed by atoms with van der Waals surface area (Å²) in [6, 6.07) is 13.7. The minimum absolute atomic E-state index is 0.118. The quantitative estimate of drug-likeness (QED) is 0.731. The minimum atomic E-state index is -0.326. The molecule has 23 heavy (non-hydrogen) atoms. The van der Waals surface area contributed by atoms with Gasteiger partial charge in [0.25, 0.3) is 0 Å². The summed E-state index contributed by atoms with van der Waals surface area (Å²) in [5.41, 5.74) is 1.34. The molecular weight excluding hydrogens is 315 g/mol. The van der Waals surface area contributed by atoms with Crippen LogP contribution in [0.3, 0.4) is 0 Å². The maximum Gasteiger partial charge on any atom is 0.234 e. The molecule has 0 saturated heterocycles. The van der Waals surface area contributed by atoms with Gasteiger partial charge in [0, 0.05) is 4.90 Å². The number of hydrogen-bond acceptors (Lipinski definition) is 4. The number of carbonyl (C=O) groups is 1. The molecule has 1 amide bonds. The Morgan fingerprint density at radius 1 is 1.17 bits per heavy atom. The van der Waals surface area contributed by atoms with Gasteiger partial charge in [0.15, 0.2) is 0 Å². The normalized spacial score (nSPS) is 10.5. The van der Waals surface area contributed by atoms with Crippen LogP contribution in [0.15, 0.2) is 66.1 Å². The van der Waals surface area contributed by atoms with E-state index >= 15 is 0 Å². The molecule has 3 aromatic rings. The summed E-state index contributed by atoms with van der Waals surface area (Å²) < 4.78 is 15.1. The lowest BCUT2D eigenvalue weighted by atomic mass is 10.2. The van der Waals surface area contributed by atoms with Gasteiger partial charge in [-0.2, -0.15) is 5.10 Å². The molecule has 0 saturated carbocycles. The average Bonchev–Trinajstić information content (AvgIpc) is 3.09. The van der Waals surface area contributed by atoms with Crippen molar-refractivity contribution in [1.29, 1.82) is 0 Å². The van der Waals surface area contributed by atoms with Gasteiger partial charge in [0.2, 0.25) is 5.91 Å². The molecule has 0 aliphatic rings. The highest BCUT2D eigenvalue weighted by Gasteiger charge is 2.10. The van der Waals surface area contributed by atoms with Crippen LogP contribution < -0.4 is 5.32 Å². The lowest BCUT2D eigenvalue weighted by Crippen LogP contribution is -2.16. The lowest BCUT2D eigenvalue weighted by Gasteiger charge is -2.10. The van der Waals surface area contributed by atoms with Crippen LogP contribution in [-0.2, 0) is 4.79 Å². The van der Waals surface area contributed by atoms with E-state index < -0.39 is 0 Å². The first-order chi connectivity index (χ1) is 11.2. The van der Waals surface area contributed by atoms with Crippen LogP contribution in [0.2, 0.25) is 0 Å². The predicted octanol–water partition coefficient (Wildman–Crippen LogP) is 3.14. The Morgan fingerprint density at radius 2 is 1.96 bits per heavy atom. The van der Waals surface area contributed by atoms with Gasteiger partial charge in [-0.1, -0.05) is 24.3 Å². The Kier molecular flexibility index (Phi) is 4.68. The Hall–Kier alpha value is -2.67. The molecule has 1 aromatic heterocycles. The standard InChI is InChI=1S/C16H13FN4OS/c17-12-5-1-4-8-15(12)23-9-16(22)20-13-6-2-3-7-14(13)21-11-18-10-19-21/h1-8,10-11H,9H2,(H,20,22). The van der Waals surface area contributed by atoms with E-state index in [2.05, 4.69) is 15.4 Å². The topological polar surface area (TPSA) is 59.8 Å². The van der Waals surface area contributed by atoms with E-state index in [4.69, 9.17) is 0 Å². The van der Waals surface area contributed by atoms with Crippen molar-refractivity contribution in [2.24, 2.45) is 0 Å². The van der Waals surface area contributed by atoms with Crippen LogP contribution >= 0.6 is 11.8 Å². The monoisotopic (exact) mass is 328 g/mol. The summed E-state index contributed by atoms with van der Waals surface area (Å²) in [5.74, 6) is -0.425. The number of amides is 1. The molecule has 3 rings (SSSR count). The Balaban J connectivity index is 1.68. The third kappa shape index (κ3) is 3.75. The molecule has 5 nitrogen and oxygen atoms in total. The average molecular weight is 328 g/mol. The molecule has 1 N–H and O–H groups in total. The van der Waals surface area contributed by atoms with E-state index in [1.807, 2.05) is 18.2 Å². The highest BCUT2D eigenvalue weighted by Crippen LogP contribution is 2.23. The van der Waals surface area contributed by atoms with Crippen molar-refractivity contribution in [3.8, 4) is 5.69 Å². The van der Waals surface area contributed by atoms with E-state index in [0.717, 1.165) is 11.8 Å². The number of para-hydroxylation sites is 2. The molecule has 0 aliphatic heterocycles. The first-order valence-corrected chi connectivity index (χ1v) is 7.84. The summed E-state index contributed by atoms with van der Waals surface area (Å²) in [5, 5.41) is 6.88. The molecule has 0 fully saturated rings. The smallest absolute Gasteiger partial charge is 0.234 e. The summed E-state index contributed by atoms with van der Waals surface area (Å²) in [6.45, 7) is 0. The second-order valence-electron chi connectivity index (χ2n) is 4.62. The molecule has 0 unspecified atom stereocenters. The van der Waals surface area contributed by atoms with Crippen molar-refractivity contribution >= 4 is 23.4 Å². The number of nitrogens with zero attached hydrogens (tertiary/aromatic N) is 3. The van der Waals surface area contributed by atoms with Gasteiger partial charge in [-0.15, -0.1) is 11.8 Å². The van der Waals surface area contributed by atoms with Gasteiger partial charge in [-0.05, 0) is 24.3 Å². The number of hydrogen-bond donors (Lipinski definition) is 1. The summed E-state index contributed by atoms with van der Waals surface area (Å²) in [6.07, 6.45) is 2.98. The Morgan fingerprint density at radius 3 is 2.74 bits per heavy atom. The van der Waals surface area contributed by atoms with Crippen LogP contribution in [0.25, 0.3) is 5.69 Å². The third-order valence-electron chi connectivity index (χ3n) is 3.04. The first-order valence-electron chi connectivity index (χ1n) is 6.85. The summed E-state index contributed by atoms with van der Waals surface area (Å²) >= 11 is 1.16. The molecule has 0 bridgehead atoms. The van der Waals surface area contributed by atoms with Crippen molar-refractivity contribution in [3.05, 3.63) is 67.0 Å². The number of carbonyl (C=O) groups excluding carboxylic acids is 1. The lowest BCUT2D eigenvalue weighted by molar-refractivity contribution is -0.113. The van der Waals surface area contributed by atoms with E-state index in [0.29, 0.717) is 16.3 Å². The van der Waals surface area contributed by atoms with E-state index in [1.165, 1.54) is 12.4 Å². The first kappa shape index (κ1) is 15.2. The summed E-state index contributed by atoms with van der Waals surface area (Å²) in [4.78, 5) is 16.5. The van der Waals surface area contributed by atoms with E-state index in [-0.39, 0.29) is 17.5 Å².